The standard InChI is InChI=1S/C12H9N5O/c18-16-12-6-5-11(15-17-7-13-14-8-17)9-3-1-2-4-10(9)12/h1-8,15H. The highest BCUT2D eigenvalue weighted by Crippen LogP contribution is 2.31. The summed E-state index contributed by atoms with van der Waals surface area (Å²) < 4.78 is 1.63. The number of benzene rings is 2. The molecule has 1 aromatic heterocycles. The molecule has 0 saturated carbocycles. The molecule has 6 heteroatoms. The number of nitrogens with zero attached hydrogens (tertiary/aromatic N) is 4. The zero-order chi connectivity index (χ0) is 12.4. The van der Waals surface area contributed by atoms with E-state index in [1.165, 1.54) is 0 Å². The molecular weight excluding hydrogens is 230 g/mol. The summed E-state index contributed by atoms with van der Waals surface area (Å²) in [6.07, 6.45) is 3.11. The predicted octanol–water partition coefficient (Wildman–Crippen LogP) is 2.70. The van der Waals surface area contributed by atoms with Crippen LogP contribution in [0.3, 0.4) is 0 Å². The van der Waals surface area contributed by atoms with Crippen LogP contribution in [0.1, 0.15) is 0 Å². The second-order valence-corrected chi connectivity index (χ2v) is 3.75. The van der Waals surface area contributed by atoms with Crippen molar-refractivity contribution in [1.82, 2.24) is 14.9 Å². The lowest BCUT2D eigenvalue weighted by atomic mass is 10.1. The third kappa shape index (κ3) is 1.69. The molecule has 6 nitrogen and oxygen atoms in total. The fraction of sp³-hybridized carbons (Fsp3) is 0. The molecule has 0 atom stereocenters. The summed E-state index contributed by atoms with van der Waals surface area (Å²) in [5.41, 5.74) is 4.42. The summed E-state index contributed by atoms with van der Waals surface area (Å²) in [6, 6.07) is 11.1. The van der Waals surface area contributed by atoms with Crippen molar-refractivity contribution in [2.75, 3.05) is 5.43 Å². The Hall–Kier alpha value is -2.76. The summed E-state index contributed by atoms with van der Waals surface area (Å²) in [7, 11) is 0. The lowest BCUT2D eigenvalue weighted by molar-refractivity contribution is 0.955. The zero-order valence-corrected chi connectivity index (χ0v) is 9.32. The Kier molecular flexibility index (Phi) is 2.45. The molecule has 0 unspecified atom stereocenters. The van der Waals surface area contributed by atoms with Crippen molar-refractivity contribution in [1.29, 1.82) is 0 Å². The van der Waals surface area contributed by atoms with Gasteiger partial charge in [0.1, 0.15) is 18.3 Å². The van der Waals surface area contributed by atoms with Gasteiger partial charge in [0, 0.05) is 10.8 Å². The minimum absolute atomic E-state index is 0.430. The first-order chi connectivity index (χ1) is 8.88. The maximum absolute atomic E-state index is 10.8. The highest BCUT2D eigenvalue weighted by atomic mass is 16.3. The van der Waals surface area contributed by atoms with Crippen molar-refractivity contribution in [3.8, 4) is 0 Å². The van der Waals surface area contributed by atoms with Gasteiger partial charge < -0.3 is 0 Å². The van der Waals surface area contributed by atoms with Gasteiger partial charge >= 0.3 is 0 Å². The van der Waals surface area contributed by atoms with Crippen LogP contribution in [0.5, 0.6) is 0 Å². The van der Waals surface area contributed by atoms with Crippen LogP contribution in [0.2, 0.25) is 0 Å². The van der Waals surface area contributed by atoms with Gasteiger partial charge in [0.15, 0.2) is 0 Å². The number of hydrogen-bond donors (Lipinski definition) is 1. The van der Waals surface area contributed by atoms with E-state index in [0.29, 0.717) is 5.69 Å². The Morgan fingerprint density at radius 3 is 2.44 bits per heavy atom. The first-order valence-electron chi connectivity index (χ1n) is 5.35. The van der Waals surface area contributed by atoms with Crippen molar-refractivity contribution >= 4 is 22.1 Å². The van der Waals surface area contributed by atoms with Crippen molar-refractivity contribution in [2.24, 2.45) is 5.18 Å². The van der Waals surface area contributed by atoms with Gasteiger partial charge in [0.05, 0.1) is 5.69 Å². The number of fused-ring (bicyclic) bond motifs is 1. The van der Waals surface area contributed by atoms with Gasteiger partial charge in [-0.1, -0.05) is 24.3 Å². The summed E-state index contributed by atoms with van der Waals surface area (Å²) in [6.45, 7) is 0. The van der Waals surface area contributed by atoms with Crippen LogP contribution in [0.15, 0.2) is 54.2 Å². The number of aromatic nitrogens is 3. The number of nitroso groups, excluding NO2 is 1. The summed E-state index contributed by atoms with van der Waals surface area (Å²) in [5, 5.41) is 12.2. The van der Waals surface area contributed by atoms with Crippen molar-refractivity contribution in [2.45, 2.75) is 0 Å². The first-order valence-corrected chi connectivity index (χ1v) is 5.35. The van der Waals surface area contributed by atoms with Crippen LogP contribution in [0, 0.1) is 4.91 Å². The molecule has 1 N–H and O–H groups in total. The quantitative estimate of drug-likeness (QED) is 0.713. The zero-order valence-electron chi connectivity index (χ0n) is 9.32. The van der Waals surface area contributed by atoms with Gasteiger partial charge in [0.2, 0.25) is 0 Å². The lowest BCUT2D eigenvalue weighted by Gasteiger charge is -2.10. The molecule has 0 amide bonds. The average molecular weight is 239 g/mol. The lowest BCUT2D eigenvalue weighted by Crippen LogP contribution is -2.06. The second kappa shape index (κ2) is 4.25. The molecule has 0 spiro atoms. The molecule has 88 valence electrons. The van der Waals surface area contributed by atoms with Crippen molar-refractivity contribution in [3.63, 3.8) is 0 Å². The van der Waals surface area contributed by atoms with Crippen LogP contribution < -0.4 is 5.43 Å². The third-order valence-corrected chi connectivity index (χ3v) is 2.67. The van der Waals surface area contributed by atoms with Gasteiger partial charge in [-0.15, -0.1) is 15.1 Å². The third-order valence-electron chi connectivity index (χ3n) is 2.67. The normalized spacial score (nSPS) is 10.4. The molecular formula is C12H9N5O. The number of nitrogens with one attached hydrogen (secondary N) is 1. The predicted molar refractivity (Wildman–Crippen MR) is 68.4 cm³/mol. The molecule has 0 aliphatic rings. The van der Waals surface area contributed by atoms with Crippen molar-refractivity contribution in [3.05, 3.63) is 54.0 Å². The highest BCUT2D eigenvalue weighted by molar-refractivity contribution is 6.00. The van der Waals surface area contributed by atoms with Crippen LogP contribution in [0.25, 0.3) is 10.8 Å². The van der Waals surface area contributed by atoms with Crippen molar-refractivity contribution < 1.29 is 0 Å². The van der Waals surface area contributed by atoms with Gasteiger partial charge in [-0.3, -0.25) is 5.43 Å². The molecule has 0 aliphatic heterocycles. The molecule has 3 rings (SSSR count). The van der Waals surface area contributed by atoms with E-state index in [0.717, 1.165) is 16.5 Å². The second-order valence-electron chi connectivity index (χ2n) is 3.75. The largest absolute Gasteiger partial charge is 0.291 e. The number of hydrogen-bond acceptors (Lipinski definition) is 5. The minimum Gasteiger partial charge on any atom is -0.291 e. The Balaban J connectivity index is 2.15. The monoisotopic (exact) mass is 239 g/mol. The summed E-state index contributed by atoms with van der Waals surface area (Å²) >= 11 is 0. The topological polar surface area (TPSA) is 72.2 Å². The Morgan fingerprint density at radius 1 is 1.00 bits per heavy atom. The van der Waals surface area contributed by atoms with E-state index in [1.54, 1.807) is 29.5 Å². The van der Waals surface area contributed by atoms with Gasteiger partial charge in [-0.2, -0.15) is 0 Å². The van der Waals surface area contributed by atoms with Gasteiger partial charge in [-0.05, 0) is 17.3 Å². The number of anilines is 1. The van der Waals surface area contributed by atoms with Crippen LogP contribution in [-0.2, 0) is 0 Å². The van der Waals surface area contributed by atoms with E-state index in [2.05, 4.69) is 20.8 Å². The van der Waals surface area contributed by atoms with Gasteiger partial charge in [0.25, 0.3) is 0 Å². The Bertz CT molecular complexity index is 693. The first kappa shape index (κ1) is 10.4. The Labute approximate surface area is 102 Å². The summed E-state index contributed by atoms with van der Waals surface area (Å²) in [4.78, 5) is 10.8. The maximum atomic E-state index is 10.8. The molecule has 3 aromatic rings. The highest BCUT2D eigenvalue weighted by Gasteiger charge is 2.05. The molecule has 2 aromatic carbocycles. The molecule has 0 bridgehead atoms. The van der Waals surface area contributed by atoms with E-state index >= 15 is 0 Å². The average Bonchev–Trinajstić information content (AvgIpc) is 2.92. The molecule has 0 fully saturated rings. The van der Waals surface area contributed by atoms with E-state index in [1.807, 2.05) is 24.3 Å². The fourth-order valence-electron chi connectivity index (χ4n) is 1.86. The minimum atomic E-state index is 0.430. The van der Waals surface area contributed by atoms with Gasteiger partial charge in [-0.25, -0.2) is 4.68 Å². The van der Waals surface area contributed by atoms with Crippen LogP contribution >= 0.6 is 0 Å². The van der Waals surface area contributed by atoms with Crippen LogP contribution in [-0.4, -0.2) is 14.9 Å². The molecule has 1 heterocycles. The SMILES string of the molecule is O=Nc1ccc(Nn2cnnc2)c2ccccc12. The maximum Gasteiger partial charge on any atom is 0.139 e. The number of rotatable bonds is 3. The van der Waals surface area contributed by atoms with E-state index < -0.39 is 0 Å². The molecule has 0 radical (unpaired) electrons. The Morgan fingerprint density at radius 2 is 1.72 bits per heavy atom. The summed E-state index contributed by atoms with van der Waals surface area (Å²) in [5.74, 6) is 0. The molecule has 0 aliphatic carbocycles. The van der Waals surface area contributed by atoms with E-state index in [9.17, 15) is 4.91 Å². The van der Waals surface area contributed by atoms with E-state index in [-0.39, 0.29) is 0 Å². The van der Waals surface area contributed by atoms with Crippen LogP contribution in [0.4, 0.5) is 11.4 Å². The fourth-order valence-corrected chi connectivity index (χ4v) is 1.86. The van der Waals surface area contributed by atoms with E-state index in [4.69, 9.17) is 0 Å². The molecule has 18 heavy (non-hydrogen) atoms. The smallest absolute Gasteiger partial charge is 0.139 e. The molecule has 0 saturated heterocycles.